The summed E-state index contributed by atoms with van der Waals surface area (Å²) in [6.07, 6.45) is 1.06. The van der Waals surface area contributed by atoms with Gasteiger partial charge in [-0.1, -0.05) is 19.1 Å². The third-order valence-electron chi connectivity index (χ3n) is 2.91. The topological polar surface area (TPSA) is 47.3 Å². The molecule has 18 heavy (non-hydrogen) atoms. The monoisotopic (exact) mass is 262 g/mol. The van der Waals surface area contributed by atoms with E-state index < -0.39 is 0 Å². The molecule has 4 heteroatoms. The van der Waals surface area contributed by atoms with Crippen molar-refractivity contribution in [1.82, 2.24) is 5.43 Å². The summed E-state index contributed by atoms with van der Waals surface area (Å²) in [6, 6.07) is 12.3. The lowest BCUT2D eigenvalue weighted by atomic mass is 10.1. The average molecular weight is 262 g/mol. The normalized spacial score (nSPS) is 12.4. The summed E-state index contributed by atoms with van der Waals surface area (Å²) in [4.78, 5) is 2.59. The molecule has 96 valence electrons. The number of nitrogens with one attached hydrogen (secondary N) is 1. The highest BCUT2D eigenvalue weighted by Crippen LogP contribution is 2.29. The SMILES string of the molecule is CCc1ccc(C(NN)c2cccc(OC)c2)s1. The van der Waals surface area contributed by atoms with Crippen molar-refractivity contribution in [1.29, 1.82) is 0 Å². The molecule has 0 fully saturated rings. The van der Waals surface area contributed by atoms with Gasteiger partial charge in [0.1, 0.15) is 5.75 Å². The highest BCUT2D eigenvalue weighted by atomic mass is 32.1. The zero-order chi connectivity index (χ0) is 13.0. The quantitative estimate of drug-likeness (QED) is 0.643. The molecule has 0 saturated heterocycles. The number of aryl methyl sites for hydroxylation is 1. The lowest BCUT2D eigenvalue weighted by Crippen LogP contribution is -2.28. The predicted octanol–water partition coefficient (Wildman–Crippen LogP) is 2.87. The Kier molecular flexibility index (Phi) is 4.36. The van der Waals surface area contributed by atoms with Gasteiger partial charge in [0.15, 0.2) is 0 Å². The van der Waals surface area contributed by atoms with Crippen LogP contribution in [-0.2, 0) is 6.42 Å². The standard InChI is InChI=1S/C14H18N2OS/c1-3-12-7-8-13(18-12)14(16-15)10-5-4-6-11(9-10)17-2/h4-9,14,16H,3,15H2,1-2H3. The van der Waals surface area contributed by atoms with Gasteiger partial charge >= 0.3 is 0 Å². The fraction of sp³-hybridized carbons (Fsp3) is 0.286. The molecule has 0 aliphatic rings. The Morgan fingerprint density at radius 1 is 1.33 bits per heavy atom. The molecule has 1 atom stereocenters. The lowest BCUT2D eigenvalue weighted by Gasteiger charge is -2.15. The number of hydrazine groups is 1. The Labute approximate surface area is 112 Å². The van der Waals surface area contributed by atoms with Gasteiger partial charge in [-0.25, -0.2) is 5.43 Å². The number of methoxy groups -OCH3 is 1. The van der Waals surface area contributed by atoms with Crippen LogP contribution in [0.25, 0.3) is 0 Å². The van der Waals surface area contributed by atoms with Crippen LogP contribution in [0, 0.1) is 0 Å². The van der Waals surface area contributed by atoms with E-state index in [1.165, 1.54) is 9.75 Å². The first-order valence-corrected chi connectivity index (χ1v) is 6.78. The molecule has 0 amide bonds. The molecular weight excluding hydrogens is 244 g/mol. The maximum Gasteiger partial charge on any atom is 0.119 e. The molecule has 0 spiro atoms. The molecule has 0 radical (unpaired) electrons. The highest BCUT2D eigenvalue weighted by Gasteiger charge is 2.15. The summed E-state index contributed by atoms with van der Waals surface area (Å²) in [7, 11) is 1.67. The number of hydrogen-bond acceptors (Lipinski definition) is 4. The molecule has 1 unspecified atom stereocenters. The number of nitrogens with two attached hydrogens (primary N) is 1. The summed E-state index contributed by atoms with van der Waals surface area (Å²) >= 11 is 1.79. The fourth-order valence-corrected chi connectivity index (χ4v) is 2.94. The molecule has 0 aliphatic carbocycles. The van der Waals surface area contributed by atoms with Gasteiger partial charge in [-0.05, 0) is 36.2 Å². The van der Waals surface area contributed by atoms with Crippen LogP contribution in [0.5, 0.6) is 5.75 Å². The number of ether oxygens (including phenoxy) is 1. The molecule has 1 aromatic carbocycles. The predicted molar refractivity (Wildman–Crippen MR) is 75.9 cm³/mol. The minimum atomic E-state index is 0.0189. The maximum absolute atomic E-state index is 5.69. The van der Waals surface area contributed by atoms with Crippen LogP contribution in [0.2, 0.25) is 0 Å². The van der Waals surface area contributed by atoms with Crippen molar-refractivity contribution in [2.75, 3.05) is 7.11 Å². The van der Waals surface area contributed by atoms with Crippen LogP contribution in [0.15, 0.2) is 36.4 Å². The Hall–Kier alpha value is -1.36. The molecule has 0 saturated carbocycles. The lowest BCUT2D eigenvalue weighted by molar-refractivity contribution is 0.413. The molecule has 1 aromatic heterocycles. The number of hydrogen-bond donors (Lipinski definition) is 2. The molecular formula is C14H18N2OS. The van der Waals surface area contributed by atoms with E-state index >= 15 is 0 Å². The van der Waals surface area contributed by atoms with Gasteiger partial charge in [0.2, 0.25) is 0 Å². The maximum atomic E-state index is 5.69. The Morgan fingerprint density at radius 3 is 2.78 bits per heavy atom. The molecule has 0 aliphatic heterocycles. The number of thiophene rings is 1. The molecule has 3 nitrogen and oxygen atoms in total. The van der Waals surface area contributed by atoms with Crippen molar-refractivity contribution in [3.05, 3.63) is 51.7 Å². The first-order valence-electron chi connectivity index (χ1n) is 5.97. The van der Waals surface area contributed by atoms with Crippen molar-refractivity contribution in [3.63, 3.8) is 0 Å². The molecule has 1 heterocycles. The molecule has 2 rings (SSSR count). The second kappa shape index (κ2) is 6.00. The van der Waals surface area contributed by atoms with Crippen molar-refractivity contribution >= 4 is 11.3 Å². The summed E-state index contributed by atoms with van der Waals surface area (Å²) in [5.41, 5.74) is 3.99. The minimum absolute atomic E-state index is 0.0189. The molecule has 3 N–H and O–H groups in total. The Morgan fingerprint density at radius 2 is 2.17 bits per heavy atom. The van der Waals surface area contributed by atoms with E-state index in [4.69, 9.17) is 10.6 Å². The van der Waals surface area contributed by atoms with Crippen LogP contribution in [0.1, 0.15) is 28.3 Å². The smallest absolute Gasteiger partial charge is 0.119 e. The summed E-state index contributed by atoms with van der Waals surface area (Å²) in [5.74, 6) is 6.54. The van der Waals surface area contributed by atoms with Gasteiger partial charge in [-0.2, -0.15) is 0 Å². The van der Waals surface area contributed by atoms with E-state index in [9.17, 15) is 0 Å². The van der Waals surface area contributed by atoms with Crippen molar-refractivity contribution in [2.24, 2.45) is 5.84 Å². The van der Waals surface area contributed by atoms with Gasteiger partial charge in [0.25, 0.3) is 0 Å². The Bertz CT molecular complexity index is 510. The third-order valence-corrected chi connectivity index (χ3v) is 4.20. The van der Waals surface area contributed by atoms with E-state index in [0.29, 0.717) is 0 Å². The number of benzene rings is 1. The minimum Gasteiger partial charge on any atom is -0.497 e. The summed E-state index contributed by atoms with van der Waals surface area (Å²) in [5, 5.41) is 0. The van der Waals surface area contributed by atoms with Gasteiger partial charge in [0, 0.05) is 9.75 Å². The van der Waals surface area contributed by atoms with E-state index in [0.717, 1.165) is 17.7 Å². The van der Waals surface area contributed by atoms with Gasteiger partial charge in [-0.15, -0.1) is 11.3 Å². The summed E-state index contributed by atoms with van der Waals surface area (Å²) in [6.45, 7) is 2.16. The van der Waals surface area contributed by atoms with E-state index in [-0.39, 0.29) is 6.04 Å². The molecule has 2 aromatic rings. The van der Waals surface area contributed by atoms with Crippen LogP contribution in [0.3, 0.4) is 0 Å². The van der Waals surface area contributed by atoms with Crippen molar-refractivity contribution in [2.45, 2.75) is 19.4 Å². The molecule has 0 bridgehead atoms. The van der Waals surface area contributed by atoms with Crippen molar-refractivity contribution in [3.8, 4) is 5.75 Å². The average Bonchev–Trinajstić information content (AvgIpc) is 2.88. The van der Waals surface area contributed by atoms with Crippen LogP contribution in [-0.4, -0.2) is 7.11 Å². The van der Waals surface area contributed by atoms with Crippen LogP contribution < -0.4 is 16.0 Å². The van der Waals surface area contributed by atoms with E-state index in [1.54, 1.807) is 18.4 Å². The zero-order valence-corrected chi connectivity index (χ0v) is 11.5. The van der Waals surface area contributed by atoms with Crippen LogP contribution >= 0.6 is 11.3 Å². The van der Waals surface area contributed by atoms with Crippen molar-refractivity contribution < 1.29 is 4.74 Å². The van der Waals surface area contributed by atoms with Gasteiger partial charge < -0.3 is 4.74 Å². The highest BCUT2D eigenvalue weighted by molar-refractivity contribution is 7.12. The second-order valence-electron chi connectivity index (χ2n) is 4.03. The van der Waals surface area contributed by atoms with Gasteiger partial charge in [0.05, 0.1) is 13.2 Å². The first kappa shape index (κ1) is 13.1. The zero-order valence-electron chi connectivity index (χ0n) is 10.6. The first-order chi connectivity index (χ1) is 8.78. The van der Waals surface area contributed by atoms with E-state index in [1.807, 2.05) is 18.2 Å². The van der Waals surface area contributed by atoms with Crippen LogP contribution in [0.4, 0.5) is 0 Å². The largest absolute Gasteiger partial charge is 0.497 e. The van der Waals surface area contributed by atoms with Gasteiger partial charge in [-0.3, -0.25) is 5.84 Å². The second-order valence-corrected chi connectivity index (χ2v) is 5.23. The summed E-state index contributed by atoms with van der Waals surface area (Å²) < 4.78 is 5.25. The third kappa shape index (κ3) is 2.72. The Balaban J connectivity index is 2.32. The fourth-order valence-electron chi connectivity index (χ4n) is 1.90. The van der Waals surface area contributed by atoms with E-state index in [2.05, 4.69) is 30.5 Å². The number of rotatable bonds is 5.